The first-order valence-electron chi connectivity index (χ1n) is 6.70. The maximum absolute atomic E-state index is 11.7. The van der Waals surface area contributed by atoms with Crippen LogP contribution in [0.1, 0.15) is 19.3 Å². The molecule has 1 aliphatic carbocycles. The van der Waals surface area contributed by atoms with Gasteiger partial charge in [-0.25, -0.2) is 8.42 Å². The van der Waals surface area contributed by atoms with E-state index in [1.165, 1.54) is 18.2 Å². The van der Waals surface area contributed by atoms with Crippen LogP contribution in [-0.4, -0.2) is 37.4 Å². The van der Waals surface area contributed by atoms with Crippen molar-refractivity contribution in [1.82, 2.24) is 0 Å². The molecule has 7 nitrogen and oxygen atoms in total. The average Bonchev–Trinajstić information content (AvgIpc) is 2.80. The molecule has 0 heterocycles. The summed E-state index contributed by atoms with van der Waals surface area (Å²) in [5, 5.41) is 23.9. The number of sulfone groups is 1. The summed E-state index contributed by atoms with van der Waals surface area (Å²) in [4.78, 5) is 10.2. The first-order valence-corrected chi connectivity index (χ1v) is 8.59. The standard InChI is InChI=1S/C13H18N2O5S/c1-21(19,20)12-7-3-5-10(13(12)15(17)18)14-8-9-4-2-6-11(9)16/h3,5,7,9,11,14,16H,2,4,6,8H2,1H3. The molecular weight excluding hydrogens is 296 g/mol. The van der Waals surface area contributed by atoms with Crippen molar-refractivity contribution in [3.05, 3.63) is 28.3 Å². The molecule has 0 amide bonds. The number of aliphatic hydroxyl groups excluding tert-OH is 1. The molecule has 116 valence electrons. The van der Waals surface area contributed by atoms with Crippen molar-refractivity contribution in [1.29, 1.82) is 0 Å². The van der Waals surface area contributed by atoms with Gasteiger partial charge in [-0.05, 0) is 25.0 Å². The molecule has 1 saturated carbocycles. The fourth-order valence-corrected chi connectivity index (χ4v) is 3.51. The van der Waals surface area contributed by atoms with Gasteiger partial charge in [-0.3, -0.25) is 10.1 Å². The van der Waals surface area contributed by atoms with Crippen LogP contribution in [-0.2, 0) is 9.84 Å². The molecule has 0 spiro atoms. The lowest BCUT2D eigenvalue weighted by Gasteiger charge is -2.16. The minimum Gasteiger partial charge on any atom is -0.393 e. The molecule has 0 radical (unpaired) electrons. The van der Waals surface area contributed by atoms with E-state index in [0.29, 0.717) is 6.54 Å². The zero-order chi connectivity index (χ0) is 15.6. The zero-order valence-corrected chi connectivity index (χ0v) is 12.5. The number of nitrogens with one attached hydrogen (secondary N) is 1. The lowest BCUT2D eigenvalue weighted by atomic mass is 10.1. The van der Waals surface area contributed by atoms with E-state index in [-0.39, 0.29) is 16.5 Å². The number of aliphatic hydroxyl groups is 1. The molecule has 1 fully saturated rings. The van der Waals surface area contributed by atoms with E-state index in [1.807, 2.05) is 0 Å². The van der Waals surface area contributed by atoms with Crippen molar-refractivity contribution >= 4 is 21.2 Å². The number of nitrogens with zero attached hydrogens (tertiary/aromatic N) is 1. The minimum atomic E-state index is -3.68. The maximum atomic E-state index is 11.7. The molecule has 0 aliphatic heterocycles. The van der Waals surface area contributed by atoms with Crippen LogP contribution in [0.25, 0.3) is 0 Å². The van der Waals surface area contributed by atoms with Gasteiger partial charge in [-0.15, -0.1) is 0 Å². The second-order valence-electron chi connectivity index (χ2n) is 5.32. The molecule has 8 heteroatoms. The van der Waals surface area contributed by atoms with E-state index in [9.17, 15) is 23.6 Å². The summed E-state index contributed by atoms with van der Waals surface area (Å²) < 4.78 is 23.3. The van der Waals surface area contributed by atoms with Crippen LogP contribution >= 0.6 is 0 Å². The Morgan fingerprint density at radius 1 is 1.43 bits per heavy atom. The first-order chi connectivity index (χ1) is 9.80. The van der Waals surface area contributed by atoms with Gasteiger partial charge in [-0.1, -0.05) is 12.5 Å². The number of hydrogen-bond acceptors (Lipinski definition) is 6. The van der Waals surface area contributed by atoms with Gasteiger partial charge in [0.05, 0.1) is 11.0 Å². The predicted octanol–water partition coefficient (Wildman–Crippen LogP) is 1.57. The van der Waals surface area contributed by atoms with Crippen LogP contribution in [0.3, 0.4) is 0 Å². The summed E-state index contributed by atoms with van der Waals surface area (Å²) in [7, 11) is -3.68. The van der Waals surface area contributed by atoms with E-state index >= 15 is 0 Å². The molecule has 1 aliphatic rings. The Balaban J connectivity index is 2.29. The second kappa shape index (κ2) is 5.98. The molecule has 2 atom stereocenters. The maximum Gasteiger partial charge on any atom is 0.310 e. The first kappa shape index (κ1) is 15.7. The van der Waals surface area contributed by atoms with Gasteiger partial charge in [0.15, 0.2) is 9.84 Å². The summed E-state index contributed by atoms with van der Waals surface area (Å²) in [6.07, 6.45) is 3.05. The minimum absolute atomic E-state index is 0.0338. The lowest BCUT2D eigenvalue weighted by molar-refractivity contribution is -0.386. The molecular formula is C13H18N2O5S. The highest BCUT2D eigenvalue weighted by Crippen LogP contribution is 2.33. The number of para-hydroxylation sites is 1. The normalized spacial score (nSPS) is 22.2. The quantitative estimate of drug-likeness (QED) is 0.630. The third-order valence-electron chi connectivity index (χ3n) is 3.75. The van der Waals surface area contributed by atoms with Crippen molar-refractivity contribution in [2.45, 2.75) is 30.3 Å². The summed E-state index contributed by atoms with van der Waals surface area (Å²) in [5.74, 6) is 0.0338. The zero-order valence-electron chi connectivity index (χ0n) is 11.7. The highest BCUT2D eigenvalue weighted by molar-refractivity contribution is 7.90. The molecule has 2 rings (SSSR count). The third-order valence-corrected chi connectivity index (χ3v) is 4.88. The fraction of sp³-hybridized carbons (Fsp3) is 0.538. The molecule has 0 saturated heterocycles. The Morgan fingerprint density at radius 2 is 2.14 bits per heavy atom. The Bertz CT molecular complexity index is 644. The Morgan fingerprint density at radius 3 is 2.67 bits per heavy atom. The van der Waals surface area contributed by atoms with Crippen molar-refractivity contribution in [3.8, 4) is 0 Å². The number of benzene rings is 1. The van der Waals surface area contributed by atoms with E-state index in [2.05, 4.69) is 5.32 Å². The van der Waals surface area contributed by atoms with Gasteiger partial charge < -0.3 is 10.4 Å². The van der Waals surface area contributed by atoms with Crippen LogP contribution in [0, 0.1) is 16.0 Å². The van der Waals surface area contributed by atoms with E-state index in [1.54, 1.807) is 0 Å². The summed E-state index contributed by atoms with van der Waals surface area (Å²) >= 11 is 0. The van der Waals surface area contributed by atoms with Crippen LogP contribution in [0.4, 0.5) is 11.4 Å². The van der Waals surface area contributed by atoms with Crippen LogP contribution in [0.5, 0.6) is 0 Å². The molecule has 0 bridgehead atoms. The van der Waals surface area contributed by atoms with E-state index < -0.39 is 26.6 Å². The van der Waals surface area contributed by atoms with E-state index in [4.69, 9.17) is 0 Å². The van der Waals surface area contributed by atoms with E-state index in [0.717, 1.165) is 25.5 Å². The monoisotopic (exact) mass is 314 g/mol. The predicted molar refractivity (Wildman–Crippen MR) is 78.0 cm³/mol. The highest BCUT2D eigenvalue weighted by Gasteiger charge is 2.28. The largest absolute Gasteiger partial charge is 0.393 e. The molecule has 0 aromatic heterocycles. The molecule has 1 aromatic carbocycles. The van der Waals surface area contributed by atoms with Gasteiger partial charge >= 0.3 is 5.69 Å². The molecule has 1 aromatic rings. The Labute approximate surface area is 123 Å². The van der Waals surface area contributed by atoms with Gasteiger partial charge in [0, 0.05) is 18.7 Å². The SMILES string of the molecule is CS(=O)(=O)c1cccc(NCC2CCCC2O)c1[N+](=O)[O-]. The van der Waals surface area contributed by atoms with Crippen LogP contribution < -0.4 is 5.32 Å². The summed E-state index contributed by atoms with van der Waals surface area (Å²) in [6, 6.07) is 4.17. The number of rotatable bonds is 5. The highest BCUT2D eigenvalue weighted by atomic mass is 32.2. The number of nitro groups is 1. The van der Waals surface area contributed by atoms with Crippen molar-refractivity contribution < 1.29 is 18.4 Å². The van der Waals surface area contributed by atoms with Crippen molar-refractivity contribution in [3.63, 3.8) is 0 Å². The fourth-order valence-electron chi connectivity index (χ4n) is 2.65. The molecule has 2 unspecified atom stereocenters. The Hall–Kier alpha value is -1.67. The van der Waals surface area contributed by atoms with Gasteiger partial charge in [0.25, 0.3) is 0 Å². The third kappa shape index (κ3) is 3.51. The molecule has 21 heavy (non-hydrogen) atoms. The van der Waals surface area contributed by atoms with Crippen LogP contribution in [0.2, 0.25) is 0 Å². The Kier molecular flexibility index (Phi) is 4.48. The second-order valence-corrected chi connectivity index (χ2v) is 7.30. The van der Waals surface area contributed by atoms with Gasteiger partial charge in [-0.2, -0.15) is 0 Å². The topological polar surface area (TPSA) is 110 Å². The number of nitro benzene ring substituents is 1. The molecule has 2 N–H and O–H groups in total. The van der Waals surface area contributed by atoms with Crippen molar-refractivity contribution in [2.24, 2.45) is 5.92 Å². The average molecular weight is 314 g/mol. The lowest BCUT2D eigenvalue weighted by Crippen LogP contribution is -2.22. The van der Waals surface area contributed by atoms with Gasteiger partial charge in [0.1, 0.15) is 10.6 Å². The number of hydrogen-bond donors (Lipinski definition) is 2. The smallest absolute Gasteiger partial charge is 0.310 e. The van der Waals surface area contributed by atoms with Crippen LogP contribution in [0.15, 0.2) is 23.1 Å². The van der Waals surface area contributed by atoms with Crippen molar-refractivity contribution in [2.75, 3.05) is 18.1 Å². The number of anilines is 1. The van der Waals surface area contributed by atoms with Gasteiger partial charge in [0.2, 0.25) is 0 Å². The summed E-state index contributed by atoms with van der Waals surface area (Å²) in [6.45, 7) is 0.384. The summed E-state index contributed by atoms with van der Waals surface area (Å²) in [5.41, 5.74) is -0.269.